The highest BCUT2D eigenvalue weighted by molar-refractivity contribution is 5.04. The lowest BCUT2D eigenvalue weighted by atomic mass is 9.99. The predicted octanol–water partition coefficient (Wildman–Crippen LogP) is -0.629. The van der Waals surface area contributed by atoms with Gasteiger partial charge in [-0.1, -0.05) is 5.21 Å². The molecule has 1 rings (SSSR count). The Bertz CT molecular complexity index is 256. The molecule has 3 N–H and O–H groups in total. The van der Waals surface area contributed by atoms with Crippen molar-refractivity contribution >= 4 is 0 Å². The van der Waals surface area contributed by atoms with Gasteiger partial charge in [0.1, 0.15) is 11.3 Å². The van der Waals surface area contributed by atoms with E-state index >= 15 is 0 Å². The standard InChI is InChI=1S/C7H14N4O/c1-7(12,3-4-8)6-5-11(2)10-9-6/h5,12H,3-4,8H2,1-2H3. The fraction of sp³-hybridized carbons (Fsp3) is 0.714. The zero-order valence-electron chi connectivity index (χ0n) is 7.36. The third kappa shape index (κ3) is 1.80. The molecule has 1 aromatic rings. The maximum atomic E-state index is 9.80. The minimum absolute atomic E-state index is 0.434. The van der Waals surface area contributed by atoms with E-state index in [2.05, 4.69) is 10.3 Å². The van der Waals surface area contributed by atoms with E-state index in [-0.39, 0.29) is 0 Å². The van der Waals surface area contributed by atoms with E-state index in [1.54, 1.807) is 24.9 Å². The van der Waals surface area contributed by atoms with Gasteiger partial charge in [0.05, 0.1) is 6.20 Å². The van der Waals surface area contributed by atoms with Gasteiger partial charge in [-0.05, 0) is 19.9 Å². The van der Waals surface area contributed by atoms with Crippen LogP contribution in [0.25, 0.3) is 0 Å². The second kappa shape index (κ2) is 3.20. The van der Waals surface area contributed by atoms with Gasteiger partial charge in [-0.25, -0.2) is 0 Å². The molecule has 1 heterocycles. The van der Waals surface area contributed by atoms with E-state index in [0.29, 0.717) is 18.7 Å². The zero-order valence-corrected chi connectivity index (χ0v) is 7.36. The molecule has 12 heavy (non-hydrogen) atoms. The van der Waals surface area contributed by atoms with Crippen molar-refractivity contribution in [3.05, 3.63) is 11.9 Å². The molecule has 0 saturated carbocycles. The Balaban J connectivity index is 2.81. The highest BCUT2D eigenvalue weighted by atomic mass is 16.3. The topological polar surface area (TPSA) is 77.0 Å². The summed E-state index contributed by atoms with van der Waals surface area (Å²) in [5, 5.41) is 17.3. The molecule has 0 amide bonds. The lowest BCUT2D eigenvalue weighted by molar-refractivity contribution is 0.0458. The second-order valence-corrected chi connectivity index (χ2v) is 3.09. The van der Waals surface area contributed by atoms with E-state index < -0.39 is 5.60 Å². The molecule has 0 aromatic carbocycles. The third-order valence-electron chi connectivity index (χ3n) is 1.79. The maximum Gasteiger partial charge on any atom is 0.114 e. The Hall–Kier alpha value is -0.940. The molecular formula is C7H14N4O. The van der Waals surface area contributed by atoms with Crippen molar-refractivity contribution in [2.45, 2.75) is 18.9 Å². The van der Waals surface area contributed by atoms with Crippen LogP contribution in [0.5, 0.6) is 0 Å². The molecule has 0 bridgehead atoms. The summed E-state index contributed by atoms with van der Waals surface area (Å²) in [5.41, 5.74) is 4.95. The van der Waals surface area contributed by atoms with Crippen molar-refractivity contribution in [2.24, 2.45) is 12.8 Å². The molecule has 1 aromatic heterocycles. The quantitative estimate of drug-likeness (QED) is 0.633. The summed E-state index contributed by atoms with van der Waals surface area (Å²) in [7, 11) is 1.76. The van der Waals surface area contributed by atoms with Crippen LogP contribution in [0.1, 0.15) is 19.0 Å². The second-order valence-electron chi connectivity index (χ2n) is 3.09. The first-order chi connectivity index (χ1) is 5.56. The average Bonchev–Trinajstić information content (AvgIpc) is 2.36. The van der Waals surface area contributed by atoms with Crippen LogP contribution in [-0.4, -0.2) is 26.6 Å². The number of nitrogens with two attached hydrogens (primary N) is 1. The van der Waals surface area contributed by atoms with E-state index in [0.717, 1.165) is 0 Å². The van der Waals surface area contributed by atoms with Crippen molar-refractivity contribution in [1.29, 1.82) is 0 Å². The van der Waals surface area contributed by atoms with Crippen molar-refractivity contribution in [3.63, 3.8) is 0 Å². The number of hydrogen-bond acceptors (Lipinski definition) is 4. The summed E-state index contributed by atoms with van der Waals surface area (Å²) in [6.45, 7) is 2.12. The van der Waals surface area contributed by atoms with Gasteiger partial charge in [-0.2, -0.15) is 0 Å². The molecular weight excluding hydrogens is 156 g/mol. The number of nitrogens with zero attached hydrogens (tertiary/aromatic N) is 3. The Morgan fingerprint density at radius 1 is 1.75 bits per heavy atom. The van der Waals surface area contributed by atoms with Crippen LogP contribution in [0.15, 0.2) is 6.20 Å². The molecule has 1 atom stereocenters. The molecule has 5 nitrogen and oxygen atoms in total. The summed E-state index contributed by atoms with van der Waals surface area (Å²) in [6.07, 6.45) is 2.18. The van der Waals surface area contributed by atoms with Gasteiger partial charge in [0.2, 0.25) is 0 Å². The van der Waals surface area contributed by atoms with Gasteiger partial charge < -0.3 is 10.8 Å². The summed E-state index contributed by atoms with van der Waals surface area (Å²) in [4.78, 5) is 0. The van der Waals surface area contributed by atoms with Crippen LogP contribution in [0.2, 0.25) is 0 Å². The molecule has 0 fully saturated rings. The van der Waals surface area contributed by atoms with Gasteiger partial charge in [-0.3, -0.25) is 4.68 Å². The predicted molar refractivity (Wildman–Crippen MR) is 44.2 cm³/mol. The van der Waals surface area contributed by atoms with Gasteiger partial charge in [0.25, 0.3) is 0 Å². The van der Waals surface area contributed by atoms with E-state index in [9.17, 15) is 5.11 Å². The lowest BCUT2D eigenvalue weighted by Gasteiger charge is -2.18. The monoisotopic (exact) mass is 170 g/mol. The molecule has 0 aliphatic heterocycles. The van der Waals surface area contributed by atoms with E-state index in [1.807, 2.05) is 0 Å². The normalized spacial score (nSPS) is 16.0. The summed E-state index contributed by atoms with van der Waals surface area (Å²) < 4.78 is 1.56. The summed E-state index contributed by atoms with van der Waals surface area (Å²) in [5.74, 6) is 0. The minimum Gasteiger partial charge on any atom is -0.384 e. The van der Waals surface area contributed by atoms with Gasteiger partial charge in [0, 0.05) is 7.05 Å². The number of rotatable bonds is 3. The number of aromatic nitrogens is 3. The van der Waals surface area contributed by atoms with E-state index in [4.69, 9.17) is 5.73 Å². The smallest absolute Gasteiger partial charge is 0.114 e. The Morgan fingerprint density at radius 2 is 2.42 bits per heavy atom. The van der Waals surface area contributed by atoms with Crippen LogP contribution in [-0.2, 0) is 12.6 Å². The molecule has 5 heteroatoms. The highest BCUT2D eigenvalue weighted by Gasteiger charge is 2.25. The van der Waals surface area contributed by atoms with Crippen molar-refractivity contribution < 1.29 is 5.11 Å². The molecule has 0 spiro atoms. The van der Waals surface area contributed by atoms with Crippen molar-refractivity contribution in [3.8, 4) is 0 Å². The fourth-order valence-corrected chi connectivity index (χ4v) is 1.00. The lowest BCUT2D eigenvalue weighted by Crippen LogP contribution is -2.25. The van der Waals surface area contributed by atoms with Gasteiger partial charge in [0.15, 0.2) is 0 Å². The maximum absolute atomic E-state index is 9.80. The Kier molecular flexibility index (Phi) is 2.44. The minimum atomic E-state index is -0.955. The van der Waals surface area contributed by atoms with Gasteiger partial charge >= 0.3 is 0 Å². The average molecular weight is 170 g/mol. The van der Waals surface area contributed by atoms with Crippen molar-refractivity contribution in [2.75, 3.05) is 6.54 Å². The highest BCUT2D eigenvalue weighted by Crippen LogP contribution is 2.20. The number of aliphatic hydroxyl groups is 1. The molecule has 0 aliphatic carbocycles. The zero-order chi connectivity index (χ0) is 9.19. The Morgan fingerprint density at radius 3 is 2.83 bits per heavy atom. The summed E-state index contributed by atoms with van der Waals surface area (Å²) in [6, 6.07) is 0. The first kappa shape index (κ1) is 9.15. The first-order valence-corrected chi connectivity index (χ1v) is 3.85. The largest absolute Gasteiger partial charge is 0.384 e. The van der Waals surface area contributed by atoms with Gasteiger partial charge in [-0.15, -0.1) is 5.10 Å². The molecule has 1 unspecified atom stereocenters. The number of hydrogen-bond donors (Lipinski definition) is 2. The molecule has 68 valence electrons. The van der Waals surface area contributed by atoms with Crippen LogP contribution in [0.4, 0.5) is 0 Å². The first-order valence-electron chi connectivity index (χ1n) is 3.85. The van der Waals surface area contributed by atoms with Crippen LogP contribution < -0.4 is 5.73 Å². The number of aryl methyl sites for hydroxylation is 1. The third-order valence-corrected chi connectivity index (χ3v) is 1.79. The molecule has 0 radical (unpaired) electrons. The van der Waals surface area contributed by atoms with Crippen LogP contribution >= 0.6 is 0 Å². The van der Waals surface area contributed by atoms with Crippen LogP contribution in [0, 0.1) is 0 Å². The van der Waals surface area contributed by atoms with Crippen molar-refractivity contribution in [1.82, 2.24) is 15.0 Å². The van der Waals surface area contributed by atoms with Crippen LogP contribution in [0.3, 0.4) is 0 Å². The fourth-order valence-electron chi connectivity index (χ4n) is 1.00. The molecule has 0 aliphatic rings. The summed E-state index contributed by atoms with van der Waals surface area (Å²) >= 11 is 0. The Labute approximate surface area is 71.2 Å². The SMILES string of the molecule is Cn1cc(C(C)(O)CCN)nn1. The van der Waals surface area contributed by atoms with E-state index in [1.165, 1.54) is 0 Å². The molecule has 0 saturated heterocycles.